The number of likely N-dealkylation sites (tertiary alicyclic amines) is 1. The van der Waals surface area contributed by atoms with Crippen LogP contribution in [0.25, 0.3) is 0 Å². The zero-order valence-electron chi connectivity index (χ0n) is 20.3. The van der Waals surface area contributed by atoms with Crippen molar-refractivity contribution in [3.8, 4) is 0 Å². The minimum Gasteiger partial charge on any atom is -0.481 e. The molecule has 3 heterocycles. The van der Waals surface area contributed by atoms with Crippen molar-refractivity contribution in [2.24, 2.45) is 11.8 Å². The average Bonchev–Trinajstić information content (AvgIpc) is 3.36. The number of carboxylic acid groups (broad SMARTS) is 1. The van der Waals surface area contributed by atoms with Crippen LogP contribution in [0.15, 0.2) is 30.9 Å². The minimum atomic E-state index is -0.988. The first-order valence-corrected chi connectivity index (χ1v) is 12.7. The summed E-state index contributed by atoms with van der Waals surface area (Å²) in [6, 6.07) is 4.51. The van der Waals surface area contributed by atoms with Crippen molar-refractivity contribution in [3.05, 3.63) is 42.0 Å². The second-order valence-corrected chi connectivity index (χ2v) is 12.0. The molecule has 2 amide bonds. The lowest BCUT2D eigenvalue weighted by Gasteiger charge is -2.39. The van der Waals surface area contributed by atoms with Crippen LogP contribution in [0.3, 0.4) is 0 Å². The van der Waals surface area contributed by atoms with E-state index in [1.165, 1.54) is 16.7 Å². The number of amides is 2. The van der Waals surface area contributed by atoms with Gasteiger partial charge < -0.3 is 20.0 Å². The molecular weight excluding hydrogens is 452 g/mol. The SMILES string of the molecule is C=CCN(C(=O)C1N([C@@H](CC)CO)C(=O)[C@@H]2[C@@H](C(=O)O)[C@@]3(C)CCC12S3)c1cc(C)ccc1C. The van der Waals surface area contributed by atoms with E-state index in [4.69, 9.17) is 0 Å². The highest BCUT2D eigenvalue weighted by Gasteiger charge is 2.78. The number of carboxylic acids is 1. The number of aliphatic hydroxyl groups excluding tert-OH is 1. The molecule has 3 aliphatic heterocycles. The van der Waals surface area contributed by atoms with Crippen LogP contribution in [0.1, 0.15) is 44.2 Å². The molecule has 184 valence electrons. The van der Waals surface area contributed by atoms with E-state index in [2.05, 4.69) is 6.58 Å². The Kier molecular flexibility index (Phi) is 6.36. The fourth-order valence-electron chi connectivity index (χ4n) is 6.42. The fourth-order valence-corrected chi connectivity index (χ4v) is 8.75. The molecule has 1 aromatic rings. The first-order chi connectivity index (χ1) is 16.1. The van der Waals surface area contributed by atoms with Crippen LogP contribution in [-0.4, -0.2) is 67.6 Å². The molecule has 6 atom stereocenters. The molecule has 4 rings (SSSR count). The van der Waals surface area contributed by atoms with Crippen molar-refractivity contribution >= 4 is 35.2 Å². The molecule has 3 saturated heterocycles. The topological polar surface area (TPSA) is 98.2 Å². The summed E-state index contributed by atoms with van der Waals surface area (Å²) < 4.78 is -1.42. The van der Waals surface area contributed by atoms with Gasteiger partial charge in [-0.25, -0.2) is 0 Å². The third-order valence-electron chi connectivity index (χ3n) is 8.02. The van der Waals surface area contributed by atoms with E-state index in [9.17, 15) is 24.6 Å². The van der Waals surface area contributed by atoms with E-state index in [1.807, 2.05) is 45.9 Å². The summed E-state index contributed by atoms with van der Waals surface area (Å²) in [4.78, 5) is 43.9. The van der Waals surface area contributed by atoms with Crippen LogP contribution in [0, 0.1) is 25.7 Å². The van der Waals surface area contributed by atoms with Crippen LogP contribution in [0.5, 0.6) is 0 Å². The smallest absolute Gasteiger partial charge is 0.308 e. The van der Waals surface area contributed by atoms with Gasteiger partial charge in [0, 0.05) is 17.0 Å². The molecule has 34 heavy (non-hydrogen) atoms. The first kappa shape index (κ1) is 24.8. The largest absolute Gasteiger partial charge is 0.481 e. The molecular formula is C26H34N2O5S. The number of thioether (sulfide) groups is 1. The zero-order valence-corrected chi connectivity index (χ0v) is 21.1. The molecule has 0 aliphatic carbocycles. The normalized spacial score (nSPS) is 32.6. The van der Waals surface area contributed by atoms with Crippen LogP contribution >= 0.6 is 11.8 Å². The molecule has 3 aliphatic rings. The molecule has 2 bridgehead atoms. The summed E-state index contributed by atoms with van der Waals surface area (Å²) in [5.74, 6) is -3.19. The van der Waals surface area contributed by atoms with E-state index < -0.39 is 39.4 Å². The zero-order chi connectivity index (χ0) is 25.0. The number of anilines is 1. The predicted molar refractivity (Wildman–Crippen MR) is 133 cm³/mol. The first-order valence-electron chi connectivity index (χ1n) is 11.9. The Bertz CT molecular complexity index is 1040. The molecule has 7 nitrogen and oxygen atoms in total. The van der Waals surface area contributed by atoms with Crippen molar-refractivity contribution in [3.63, 3.8) is 0 Å². The van der Waals surface area contributed by atoms with E-state index in [-0.39, 0.29) is 25.0 Å². The Labute approximate surface area is 205 Å². The third-order valence-corrected chi connectivity index (χ3v) is 10.0. The molecule has 1 spiro atoms. The Morgan fingerprint density at radius 2 is 2.06 bits per heavy atom. The molecule has 2 unspecified atom stereocenters. The second-order valence-electron chi connectivity index (χ2n) is 10.1. The van der Waals surface area contributed by atoms with Crippen LogP contribution < -0.4 is 4.90 Å². The molecule has 0 radical (unpaired) electrons. The highest BCUT2D eigenvalue weighted by atomic mass is 32.2. The number of aliphatic hydroxyl groups is 1. The minimum absolute atomic E-state index is 0.237. The molecule has 2 N–H and O–H groups in total. The Balaban J connectivity index is 1.88. The molecule has 0 aromatic heterocycles. The van der Waals surface area contributed by atoms with Crippen molar-refractivity contribution in [1.29, 1.82) is 0 Å². The standard InChI is InChI=1S/C26H34N2O5S/c1-6-12-27(18-13-15(3)8-9-16(18)4)23(31)21-26-11-10-25(5,34-26)20(24(32)33)19(26)22(30)28(21)17(7-2)14-29/h6,8-9,13,17,19-21,29H,1,7,10-12,14H2,2-5H3,(H,32,33)/t17-,19-,20-,21?,25+,26?/m0/s1. The lowest BCUT2D eigenvalue weighted by molar-refractivity contribution is -0.150. The number of nitrogens with zero attached hydrogens (tertiary/aromatic N) is 2. The maximum Gasteiger partial charge on any atom is 0.308 e. The number of fused-ring (bicyclic) bond motifs is 1. The van der Waals surface area contributed by atoms with E-state index >= 15 is 0 Å². The Hall–Kier alpha value is -2.32. The fraction of sp³-hybridized carbons (Fsp3) is 0.577. The van der Waals surface area contributed by atoms with Gasteiger partial charge in [0.1, 0.15) is 6.04 Å². The van der Waals surface area contributed by atoms with Gasteiger partial charge in [0.25, 0.3) is 5.91 Å². The molecule has 8 heteroatoms. The Morgan fingerprint density at radius 1 is 1.35 bits per heavy atom. The van der Waals surface area contributed by atoms with Crippen LogP contribution in [-0.2, 0) is 14.4 Å². The van der Waals surface area contributed by atoms with Gasteiger partial charge in [-0.05, 0) is 57.2 Å². The highest BCUT2D eigenvalue weighted by Crippen LogP contribution is 2.71. The van der Waals surface area contributed by atoms with Gasteiger partial charge in [0.2, 0.25) is 5.91 Å². The summed E-state index contributed by atoms with van der Waals surface area (Å²) in [5.41, 5.74) is 2.70. The van der Waals surface area contributed by atoms with Gasteiger partial charge in [-0.15, -0.1) is 18.3 Å². The average molecular weight is 487 g/mol. The van der Waals surface area contributed by atoms with Crippen molar-refractivity contribution in [2.75, 3.05) is 18.1 Å². The molecule has 1 aromatic carbocycles. The number of hydrogen-bond acceptors (Lipinski definition) is 5. The van der Waals surface area contributed by atoms with Gasteiger partial charge in [-0.2, -0.15) is 0 Å². The monoisotopic (exact) mass is 486 g/mol. The predicted octanol–water partition coefficient (Wildman–Crippen LogP) is 3.16. The van der Waals surface area contributed by atoms with Crippen LogP contribution in [0.4, 0.5) is 5.69 Å². The van der Waals surface area contributed by atoms with Crippen molar-refractivity contribution in [1.82, 2.24) is 4.90 Å². The van der Waals surface area contributed by atoms with Crippen LogP contribution in [0.2, 0.25) is 0 Å². The van der Waals surface area contributed by atoms with Gasteiger partial charge >= 0.3 is 5.97 Å². The summed E-state index contributed by atoms with van der Waals surface area (Å²) in [7, 11) is 0. The summed E-state index contributed by atoms with van der Waals surface area (Å²) in [6.45, 7) is 11.5. The number of benzene rings is 1. The van der Waals surface area contributed by atoms with Gasteiger partial charge in [0.15, 0.2) is 0 Å². The number of carbonyl (C=O) groups excluding carboxylic acids is 2. The van der Waals surface area contributed by atoms with E-state index in [0.717, 1.165) is 16.8 Å². The third kappa shape index (κ3) is 3.40. The van der Waals surface area contributed by atoms with Crippen molar-refractivity contribution < 1.29 is 24.6 Å². The second kappa shape index (κ2) is 8.72. The summed E-state index contributed by atoms with van der Waals surface area (Å²) in [5, 5.41) is 20.3. The number of aryl methyl sites for hydroxylation is 2. The lowest BCUT2D eigenvalue weighted by atomic mass is 9.66. The van der Waals surface area contributed by atoms with E-state index in [1.54, 1.807) is 11.0 Å². The number of aliphatic carboxylic acids is 1. The number of carbonyl (C=O) groups is 3. The molecule has 3 fully saturated rings. The molecule has 0 saturated carbocycles. The van der Waals surface area contributed by atoms with Gasteiger partial charge in [-0.1, -0.05) is 25.1 Å². The van der Waals surface area contributed by atoms with Crippen molar-refractivity contribution in [2.45, 2.75) is 68.5 Å². The van der Waals surface area contributed by atoms with Gasteiger partial charge in [-0.3, -0.25) is 14.4 Å². The summed E-state index contributed by atoms with van der Waals surface area (Å²) in [6.07, 6.45) is 3.37. The lowest BCUT2D eigenvalue weighted by Crippen LogP contribution is -2.57. The number of hydrogen-bond donors (Lipinski definition) is 2. The summed E-state index contributed by atoms with van der Waals surface area (Å²) >= 11 is 1.51. The van der Waals surface area contributed by atoms with Gasteiger partial charge in [0.05, 0.1) is 29.2 Å². The maximum atomic E-state index is 14.4. The highest BCUT2D eigenvalue weighted by molar-refractivity contribution is 8.02. The Morgan fingerprint density at radius 3 is 2.65 bits per heavy atom. The quantitative estimate of drug-likeness (QED) is 0.548. The van der Waals surface area contributed by atoms with E-state index in [0.29, 0.717) is 19.3 Å². The maximum absolute atomic E-state index is 14.4. The number of rotatable bonds is 8.